The number of fused-ring (bicyclic) bond motifs is 1. The highest BCUT2D eigenvalue weighted by Gasteiger charge is 2.24. The molecule has 0 aliphatic carbocycles. The molecule has 0 spiro atoms. The molecule has 0 unspecified atom stereocenters. The Labute approximate surface area is 124 Å². The van der Waals surface area contributed by atoms with E-state index in [1.807, 2.05) is 39.2 Å². The number of nitrogens with zero attached hydrogens (tertiary/aromatic N) is 1. The van der Waals surface area contributed by atoms with Crippen molar-refractivity contribution in [2.24, 2.45) is 0 Å². The van der Waals surface area contributed by atoms with Crippen LogP contribution in [0.1, 0.15) is 20.8 Å². The molecule has 0 aliphatic heterocycles. The second-order valence-corrected chi connectivity index (χ2v) is 8.04. The molecule has 0 fully saturated rings. The van der Waals surface area contributed by atoms with E-state index in [0.717, 1.165) is 10.3 Å². The van der Waals surface area contributed by atoms with Crippen LogP contribution in [0.25, 0.3) is 10.8 Å². The number of sulfonamides is 1. The van der Waals surface area contributed by atoms with Gasteiger partial charge in [0.15, 0.2) is 0 Å². The van der Waals surface area contributed by atoms with Gasteiger partial charge in [0, 0.05) is 28.2 Å². The smallest absolute Gasteiger partial charge is 0.241 e. The summed E-state index contributed by atoms with van der Waals surface area (Å²) < 4.78 is 27.7. The van der Waals surface area contributed by atoms with E-state index < -0.39 is 15.6 Å². The minimum absolute atomic E-state index is 0.272. The minimum atomic E-state index is -3.57. The van der Waals surface area contributed by atoms with Gasteiger partial charge in [-0.1, -0.05) is 0 Å². The molecule has 0 aliphatic rings. The van der Waals surface area contributed by atoms with E-state index in [1.54, 1.807) is 30.2 Å². The molecule has 6 heteroatoms. The van der Waals surface area contributed by atoms with E-state index in [9.17, 15) is 8.42 Å². The topological polar surface area (TPSA) is 59.1 Å². The van der Waals surface area contributed by atoms with Crippen LogP contribution in [0.2, 0.25) is 0 Å². The van der Waals surface area contributed by atoms with Gasteiger partial charge in [0.25, 0.3) is 0 Å². The largest absolute Gasteiger partial charge is 0.264 e. The first-order valence-corrected chi connectivity index (χ1v) is 8.90. The Morgan fingerprint density at radius 3 is 2.45 bits per heavy atom. The van der Waals surface area contributed by atoms with Gasteiger partial charge in [0.1, 0.15) is 0 Å². The maximum absolute atomic E-state index is 12.5. The van der Waals surface area contributed by atoms with Crippen molar-refractivity contribution in [1.82, 2.24) is 9.71 Å². The summed E-state index contributed by atoms with van der Waals surface area (Å²) in [5.74, 6) is 0. The molecule has 1 aromatic carbocycles. The quantitative estimate of drug-likeness (QED) is 0.885. The lowest BCUT2D eigenvalue weighted by Gasteiger charge is -2.21. The number of aromatic nitrogens is 1. The first kappa shape index (κ1) is 15.3. The van der Waals surface area contributed by atoms with Crippen molar-refractivity contribution in [3.63, 3.8) is 0 Å². The van der Waals surface area contributed by atoms with Gasteiger partial charge in [-0.3, -0.25) is 4.98 Å². The van der Waals surface area contributed by atoms with Crippen LogP contribution in [0.3, 0.4) is 0 Å². The van der Waals surface area contributed by atoms with Gasteiger partial charge >= 0.3 is 0 Å². The van der Waals surface area contributed by atoms with E-state index in [4.69, 9.17) is 0 Å². The molecular weight excluding hydrogens is 292 g/mol. The molecule has 108 valence electrons. The average molecular weight is 310 g/mol. The molecule has 0 saturated heterocycles. The fraction of sp³-hybridized carbons (Fsp3) is 0.357. The lowest BCUT2D eigenvalue weighted by molar-refractivity contribution is 0.492. The van der Waals surface area contributed by atoms with Crippen LogP contribution in [-0.4, -0.2) is 25.2 Å². The number of pyridine rings is 1. The maximum Gasteiger partial charge on any atom is 0.241 e. The van der Waals surface area contributed by atoms with E-state index in [1.165, 1.54) is 0 Å². The molecule has 20 heavy (non-hydrogen) atoms. The van der Waals surface area contributed by atoms with Crippen molar-refractivity contribution in [2.75, 3.05) is 6.26 Å². The summed E-state index contributed by atoms with van der Waals surface area (Å²) in [6, 6.07) is 5.32. The maximum atomic E-state index is 12.5. The Morgan fingerprint density at radius 2 is 1.85 bits per heavy atom. The van der Waals surface area contributed by atoms with Crippen LogP contribution in [0.15, 0.2) is 40.4 Å². The van der Waals surface area contributed by atoms with Crippen molar-refractivity contribution in [3.05, 3.63) is 30.6 Å². The molecule has 0 bridgehead atoms. The lowest BCUT2D eigenvalue weighted by atomic mass is 10.1. The Hall–Kier alpha value is -1.11. The fourth-order valence-electron chi connectivity index (χ4n) is 2.01. The average Bonchev–Trinajstić information content (AvgIpc) is 2.34. The summed E-state index contributed by atoms with van der Waals surface area (Å²) in [5.41, 5.74) is -0.522. The van der Waals surface area contributed by atoms with Crippen molar-refractivity contribution in [3.8, 4) is 0 Å². The Bertz CT molecular complexity index is 734. The predicted octanol–water partition coefficient (Wildman–Crippen LogP) is 3.03. The minimum Gasteiger partial charge on any atom is -0.264 e. The van der Waals surface area contributed by atoms with Crippen molar-refractivity contribution in [1.29, 1.82) is 0 Å². The van der Waals surface area contributed by atoms with E-state index in [0.29, 0.717) is 5.39 Å². The van der Waals surface area contributed by atoms with Crippen LogP contribution < -0.4 is 4.72 Å². The van der Waals surface area contributed by atoms with Gasteiger partial charge < -0.3 is 0 Å². The van der Waals surface area contributed by atoms with Gasteiger partial charge in [0.05, 0.1) is 4.90 Å². The molecular formula is C14H18N2O2S2. The molecule has 0 saturated carbocycles. The third kappa shape index (κ3) is 3.13. The van der Waals surface area contributed by atoms with Crippen LogP contribution in [0, 0.1) is 0 Å². The number of rotatable bonds is 3. The van der Waals surface area contributed by atoms with Crippen molar-refractivity contribution < 1.29 is 8.42 Å². The highest BCUT2D eigenvalue weighted by molar-refractivity contribution is 7.98. The number of hydrogen-bond donors (Lipinski definition) is 1. The monoisotopic (exact) mass is 310 g/mol. The first-order valence-electron chi connectivity index (χ1n) is 6.19. The molecule has 1 aromatic heterocycles. The molecule has 0 amide bonds. The summed E-state index contributed by atoms with van der Waals surface area (Å²) >= 11 is 1.59. The standard InChI is InChI=1S/C14H18N2O2S2/c1-14(2,3)16-20(17,18)13-6-5-12(19-4)10-7-8-15-9-11(10)13/h5-9,16H,1-4H3. The van der Waals surface area contributed by atoms with E-state index in [2.05, 4.69) is 9.71 Å². The molecule has 0 atom stereocenters. The molecule has 4 nitrogen and oxygen atoms in total. The van der Waals surface area contributed by atoms with Crippen LogP contribution in [-0.2, 0) is 10.0 Å². The summed E-state index contributed by atoms with van der Waals surface area (Å²) in [6.45, 7) is 5.46. The SMILES string of the molecule is CSc1ccc(S(=O)(=O)NC(C)(C)C)c2cnccc12. The highest BCUT2D eigenvalue weighted by Crippen LogP contribution is 2.30. The lowest BCUT2D eigenvalue weighted by Crippen LogP contribution is -2.40. The Balaban J connectivity index is 2.68. The van der Waals surface area contributed by atoms with Gasteiger partial charge in [-0.05, 0) is 50.6 Å². The summed E-state index contributed by atoms with van der Waals surface area (Å²) in [6.07, 6.45) is 5.25. The Kier molecular flexibility index (Phi) is 4.09. The zero-order valence-corrected chi connectivity index (χ0v) is 13.6. The predicted molar refractivity (Wildman–Crippen MR) is 83.6 cm³/mol. The summed E-state index contributed by atoms with van der Waals surface area (Å²) in [4.78, 5) is 5.37. The number of benzene rings is 1. The van der Waals surface area contributed by atoms with Gasteiger partial charge in [-0.2, -0.15) is 0 Å². The highest BCUT2D eigenvalue weighted by atomic mass is 32.2. The number of nitrogens with one attached hydrogen (secondary N) is 1. The van der Waals surface area contributed by atoms with Gasteiger partial charge in [0.2, 0.25) is 10.0 Å². The molecule has 2 aromatic rings. The van der Waals surface area contributed by atoms with Crippen molar-refractivity contribution >= 4 is 32.6 Å². The summed E-state index contributed by atoms with van der Waals surface area (Å²) in [7, 11) is -3.57. The van der Waals surface area contributed by atoms with E-state index in [-0.39, 0.29) is 4.90 Å². The van der Waals surface area contributed by atoms with Crippen LogP contribution in [0.5, 0.6) is 0 Å². The second kappa shape index (κ2) is 5.35. The number of hydrogen-bond acceptors (Lipinski definition) is 4. The molecule has 1 N–H and O–H groups in total. The molecule has 1 heterocycles. The fourth-order valence-corrected chi connectivity index (χ4v) is 4.22. The second-order valence-electron chi connectivity index (χ2n) is 5.54. The van der Waals surface area contributed by atoms with Crippen molar-refractivity contribution in [2.45, 2.75) is 36.1 Å². The molecule has 0 radical (unpaired) electrons. The normalized spacial score (nSPS) is 12.8. The first-order chi connectivity index (χ1) is 9.24. The van der Waals surface area contributed by atoms with Crippen LogP contribution in [0.4, 0.5) is 0 Å². The van der Waals surface area contributed by atoms with E-state index >= 15 is 0 Å². The van der Waals surface area contributed by atoms with Gasteiger partial charge in [-0.15, -0.1) is 11.8 Å². The zero-order chi connectivity index (χ0) is 15.0. The van der Waals surface area contributed by atoms with Gasteiger partial charge in [-0.25, -0.2) is 13.1 Å². The zero-order valence-electron chi connectivity index (χ0n) is 12.0. The number of thioether (sulfide) groups is 1. The van der Waals surface area contributed by atoms with Crippen LogP contribution >= 0.6 is 11.8 Å². The third-order valence-corrected chi connectivity index (χ3v) is 5.30. The Morgan fingerprint density at radius 1 is 1.15 bits per heavy atom. The summed E-state index contributed by atoms with van der Waals surface area (Å²) in [5, 5.41) is 1.56. The third-order valence-electron chi connectivity index (χ3n) is 2.69. The molecule has 2 rings (SSSR count).